The van der Waals surface area contributed by atoms with Crippen molar-refractivity contribution in [3.8, 4) is 5.69 Å². The van der Waals surface area contributed by atoms with E-state index in [0.29, 0.717) is 14.6 Å². The quantitative estimate of drug-likeness (QED) is 0.468. The van der Waals surface area contributed by atoms with Crippen LogP contribution in [0.1, 0.15) is 11.1 Å². The highest BCUT2D eigenvalue weighted by atomic mass is 35.5. The molecule has 0 saturated carbocycles. The Kier molecular flexibility index (Phi) is 3.29. The van der Waals surface area contributed by atoms with Gasteiger partial charge in [0, 0.05) is 5.02 Å². The lowest BCUT2D eigenvalue weighted by molar-refractivity contribution is 0.475. The molecule has 110 valence electrons. The molecule has 3 aromatic rings. The number of hydrogen-bond acceptors (Lipinski definition) is 2. The summed E-state index contributed by atoms with van der Waals surface area (Å²) in [7, 11) is 0. The Morgan fingerprint density at radius 2 is 1.27 bits per heavy atom. The molecule has 3 nitrogen and oxygen atoms in total. The van der Waals surface area contributed by atoms with Gasteiger partial charge in [-0.05, 0) is 59.8 Å². The van der Waals surface area contributed by atoms with Crippen LogP contribution < -0.4 is 0 Å². The van der Waals surface area contributed by atoms with Crippen molar-refractivity contribution in [3.05, 3.63) is 74.2 Å². The van der Waals surface area contributed by atoms with Gasteiger partial charge in [-0.25, -0.2) is 0 Å². The molecule has 0 unspecified atom stereocenters. The van der Waals surface area contributed by atoms with E-state index < -0.39 is 0 Å². The molecule has 0 bridgehead atoms. The van der Waals surface area contributed by atoms with Gasteiger partial charge in [0.25, 0.3) is 0 Å². The highest BCUT2D eigenvalue weighted by molar-refractivity contribution is 7.72. The van der Waals surface area contributed by atoms with Crippen LogP contribution in [0, 0.1) is 9.54 Å². The molecular weight excluding hydrogens is 334 g/mol. The molecule has 22 heavy (non-hydrogen) atoms. The van der Waals surface area contributed by atoms with Crippen LogP contribution in [0.2, 0.25) is 5.02 Å². The summed E-state index contributed by atoms with van der Waals surface area (Å²) < 4.78 is 7.47. The summed E-state index contributed by atoms with van der Waals surface area (Å²) in [6.45, 7) is 1.50. The summed E-state index contributed by atoms with van der Waals surface area (Å²) in [6.07, 6.45) is 0. The predicted octanol–water partition coefficient (Wildman–Crippen LogP) is 4.60. The third kappa shape index (κ3) is 2.08. The lowest BCUT2D eigenvalue weighted by atomic mass is 10.1. The Balaban J connectivity index is 1.92. The summed E-state index contributed by atoms with van der Waals surface area (Å²) in [5.74, 6) is 0. The summed E-state index contributed by atoms with van der Waals surface area (Å²) in [4.78, 5) is 0. The first-order chi connectivity index (χ1) is 10.6. The van der Waals surface area contributed by atoms with Crippen molar-refractivity contribution in [2.24, 2.45) is 0 Å². The normalized spacial score (nSPS) is 12.8. The van der Waals surface area contributed by atoms with Gasteiger partial charge in [-0.1, -0.05) is 35.9 Å². The second-order valence-electron chi connectivity index (χ2n) is 5.26. The van der Waals surface area contributed by atoms with Gasteiger partial charge < -0.3 is 0 Å². The third-order valence-corrected chi connectivity index (χ3v) is 5.00. The summed E-state index contributed by atoms with van der Waals surface area (Å²) >= 11 is 17.3. The van der Waals surface area contributed by atoms with E-state index in [1.54, 1.807) is 0 Å². The van der Waals surface area contributed by atoms with E-state index in [9.17, 15) is 0 Å². The van der Waals surface area contributed by atoms with Gasteiger partial charge in [0.05, 0.1) is 18.8 Å². The number of fused-ring (bicyclic) bond motifs is 2. The van der Waals surface area contributed by atoms with E-state index in [1.165, 1.54) is 11.1 Å². The van der Waals surface area contributed by atoms with E-state index in [-0.39, 0.29) is 0 Å². The molecule has 2 heterocycles. The first kappa shape index (κ1) is 13.9. The smallest absolute Gasteiger partial charge is 0.202 e. The zero-order valence-electron chi connectivity index (χ0n) is 11.6. The summed E-state index contributed by atoms with van der Waals surface area (Å²) in [5.41, 5.74) is 3.53. The van der Waals surface area contributed by atoms with Crippen molar-refractivity contribution in [2.75, 3.05) is 0 Å². The van der Waals surface area contributed by atoms with Crippen LogP contribution >= 0.6 is 36.0 Å². The molecule has 0 radical (unpaired) electrons. The van der Waals surface area contributed by atoms with E-state index in [2.05, 4.69) is 33.6 Å². The average molecular weight is 346 g/mol. The van der Waals surface area contributed by atoms with Crippen LogP contribution in [0.5, 0.6) is 0 Å². The first-order valence-corrected chi connectivity index (χ1v) is 8.10. The number of aromatic nitrogens is 3. The fourth-order valence-corrected chi connectivity index (χ4v) is 3.72. The first-order valence-electron chi connectivity index (χ1n) is 6.90. The van der Waals surface area contributed by atoms with Gasteiger partial charge in [-0.2, -0.15) is 0 Å². The average Bonchev–Trinajstić information content (AvgIpc) is 2.78. The zero-order chi connectivity index (χ0) is 15.3. The van der Waals surface area contributed by atoms with Crippen LogP contribution in [-0.2, 0) is 13.1 Å². The van der Waals surface area contributed by atoms with Gasteiger partial charge in [0.1, 0.15) is 0 Å². The van der Waals surface area contributed by atoms with E-state index in [4.69, 9.17) is 36.0 Å². The van der Waals surface area contributed by atoms with Crippen LogP contribution in [0.15, 0.2) is 48.5 Å². The lowest BCUT2D eigenvalue weighted by Crippen LogP contribution is -2.21. The molecule has 4 rings (SSSR count). The van der Waals surface area contributed by atoms with Gasteiger partial charge in [-0.15, -0.1) is 0 Å². The molecule has 6 heteroatoms. The second-order valence-corrected chi connectivity index (χ2v) is 6.43. The Labute approximate surface area is 143 Å². The van der Waals surface area contributed by atoms with Gasteiger partial charge in [-0.3, -0.25) is 13.9 Å². The van der Waals surface area contributed by atoms with Crippen molar-refractivity contribution in [1.82, 2.24) is 13.9 Å². The Morgan fingerprint density at radius 3 is 1.77 bits per heavy atom. The molecule has 0 spiro atoms. The Hall–Kier alpha value is -1.69. The van der Waals surface area contributed by atoms with Gasteiger partial charge in [0.15, 0.2) is 0 Å². The summed E-state index contributed by atoms with van der Waals surface area (Å²) in [5, 5.41) is 0.699. The molecule has 0 aliphatic carbocycles. The number of benzene rings is 2. The highest BCUT2D eigenvalue weighted by Crippen LogP contribution is 2.22. The maximum Gasteiger partial charge on any atom is 0.202 e. The van der Waals surface area contributed by atoms with E-state index >= 15 is 0 Å². The number of hydrogen-bond donors (Lipinski definition) is 0. The fourth-order valence-electron chi connectivity index (χ4n) is 2.82. The summed E-state index contributed by atoms with van der Waals surface area (Å²) in [6, 6.07) is 16.0. The molecule has 1 aromatic heterocycles. The monoisotopic (exact) mass is 345 g/mol. The SMILES string of the molecule is S=c1n(-c2ccc(Cl)cc2)c(=S)n2n1Cc1ccccc1C2. The zero-order valence-corrected chi connectivity index (χ0v) is 14.0. The fraction of sp³-hybridized carbons (Fsp3) is 0.125. The minimum absolute atomic E-state index is 0.699. The standard InChI is InChI=1S/C16H12ClN3S2/c17-13-5-7-14(8-6-13)20-15(21)18-9-11-3-1-2-4-12(11)10-19(18)16(20)22/h1-8H,9-10H2. The van der Waals surface area contributed by atoms with Crippen molar-refractivity contribution in [2.45, 2.75) is 13.1 Å². The lowest BCUT2D eigenvalue weighted by Gasteiger charge is -2.20. The largest absolute Gasteiger partial charge is 0.261 e. The number of rotatable bonds is 1. The topological polar surface area (TPSA) is 14.8 Å². The molecule has 2 aromatic carbocycles. The van der Waals surface area contributed by atoms with Crippen LogP contribution in [-0.4, -0.2) is 13.9 Å². The molecular formula is C16H12ClN3S2. The van der Waals surface area contributed by atoms with Crippen LogP contribution in [0.4, 0.5) is 0 Å². The number of nitrogens with zero attached hydrogens (tertiary/aromatic N) is 3. The molecule has 0 N–H and O–H groups in total. The van der Waals surface area contributed by atoms with Crippen LogP contribution in [0.3, 0.4) is 0 Å². The second kappa shape index (κ2) is 5.19. The van der Waals surface area contributed by atoms with Crippen molar-refractivity contribution in [1.29, 1.82) is 0 Å². The molecule has 0 atom stereocenters. The van der Waals surface area contributed by atoms with Gasteiger partial charge >= 0.3 is 0 Å². The number of halogens is 1. The van der Waals surface area contributed by atoms with Crippen molar-refractivity contribution >= 4 is 36.0 Å². The van der Waals surface area contributed by atoms with E-state index in [0.717, 1.165) is 18.8 Å². The minimum atomic E-state index is 0.699. The maximum atomic E-state index is 5.97. The Morgan fingerprint density at radius 1 is 0.773 bits per heavy atom. The Bertz CT molecular complexity index is 923. The maximum absolute atomic E-state index is 5.97. The van der Waals surface area contributed by atoms with E-state index in [1.807, 2.05) is 28.8 Å². The molecule has 0 fully saturated rings. The highest BCUT2D eigenvalue weighted by Gasteiger charge is 2.18. The molecule has 1 aliphatic rings. The molecule has 0 saturated heterocycles. The van der Waals surface area contributed by atoms with Crippen LogP contribution in [0.25, 0.3) is 5.69 Å². The molecule has 1 aliphatic heterocycles. The van der Waals surface area contributed by atoms with Crippen molar-refractivity contribution < 1.29 is 0 Å². The minimum Gasteiger partial charge on any atom is -0.261 e. The molecule has 0 amide bonds. The third-order valence-electron chi connectivity index (χ3n) is 3.96. The van der Waals surface area contributed by atoms with Gasteiger partial charge in [0.2, 0.25) is 9.54 Å². The van der Waals surface area contributed by atoms with Crippen molar-refractivity contribution in [3.63, 3.8) is 0 Å². The predicted molar refractivity (Wildman–Crippen MR) is 93.1 cm³/mol.